The number of rotatable bonds is 4. The van der Waals surface area contributed by atoms with Crippen molar-refractivity contribution in [2.75, 3.05) is 0 Å². The lowest BCUT2D eigenvalue weighted by atomic mass is 10.3. The minimum atomic E-state index is -0.401. The van der Waals surface area contributed by atoms with E-state index in [0.29, 0.717) is 0 Å². The average molecular weight is 325 g/mol. The van der Waals surface area contributed by atoms with Crippen molar-refractivity contribution in [3.63, 3.8) is 0 Å². The Morgan fingerprint density at radius 2 is 2.00 bits per heavy atom. The number of halogens is 1. The van der Waals surface area contributed by atoms with Crippen LogP contribution in [0.2, 0.25) is 0 Å². The molecule has 0 atom stereocenters. The van der Waals surface area contributed by atoms with Gasteiger partial charge in [-0.05, 0) is 39.7 Å². The van der Waals surface area contributed by atoms with Crippen molar-refractivity contribution in [1.82, 2.24) is 4.98 Å². The molecule has 0 aliphatic heterocycles. The zero-order chi connectivity index (χ0) is 13.0. The van der Waals surface area contributed by atoms with Crippen LogP contribution >= 0.6 is 27.7 Å². The average Bonchev–Trinajstić information content (AvgIpc) is 2.38. The number of nitrogens with zero attached hydrogens (tertiary/aromatic N) is 2. The number of hydrogen-bond donors (Lipinski definition) is 0. The highest BCUT2D eigenvalue weighted by molar-refractivity contribution is 9.10. The topological polar surface area (TPSA) is 56.0 Å². The maximum Gasteiger partial charge on any atom is 0.270 e. The zero-order valence-corrected chi connectivity index (χ0v) is 11.6. The Balaban J connectivity index is 2.08. The first kappa shape index (κ1) is 13.0. The molecule has 0 spiro atoms. The van der Waals surface area contributed by atoms with Crippen LogP contribution in [0.25, 0.3) is 0 Å². The van der Waals surface area contributed by atoms with Crippen molar-refractivity contribution in [3.8, 4) is 0 Å². The Morgan fingerprint density at radius 1 is 1.28 bits per heavy atom. The number of nitro groups is 1. The molecule has 0 amide bonds. The van der Waals surface area contributed by atoms with Crippen molar-refractivity contribution in [2.24, 2.45) is 0 Å². The lowest BCUT2D eigenvalue weighted by molar-refractivity contribution is -0.385. The van der Waals surface area contributed by atoms with Gasteiger partial charge in [-0.3, -0.25) is 15.1 Å². The van der Waals surface area contributed by atoms with Gasteiger partial charge in [0.05, 0.1) is 4.92 Å². The van der Waals surface area contributed by atoms with E-state index in [0.717, 1.165) is 15.1 Å². The highest BCUT2D eigenvalue weighted by Crippen LogP contribution is 2.32. The second-order valence-electron chi connectivity index (χ2n) is 3.52. The molecule has 2 rings (SSSR count). The first-order chi connectivity index (χ1) is 8.66. The Bertz CT molecular complexity index is 563. The monoisotopic (exact) mass is 324 g/mol. The number of non-ortho nitro benzene ring substituents is 1. The third-order valence-electron chi connectivity index (χ3n) is 2.27. The van der Waals surface area contributed by atoms with Gasteiger partial charge in [-0.15, -0.1) is 11.8 Å². The van der Waals surface area contributed by atoms with Crippen molar-refractivity contribution >= 4 is 33.4 Å². The molecule has 0 aliphatic rings. The molecule has 0 radical (unpaired) electrons. The molecule has 1 heterocycles. The Kier molecular flexibility index (Phi) is 4.33. The summed E-state index contributed by atoms with van der Waals surface area (Å²) in [4.78, 5) is 15.2. The molecule has 18 heavy (non-hydrogen) atoms. The second kappa shape index (κ2) is 5.97. The molecule has 0 saturated carbocycles. The van der Waals surface area contributed by atoms with E-state index in [1.165, 1.54) is 17.7 Å². The molecule has 0 saturated heterocycles. The molecule has 0 bridgehead atoms. The highest BCUT2D eigenvalue weighted by atomic mass is 79.9. The molecular weight excluding hydrogens is 316 g/mol. The van der Waals surface area contributed by atoms with Crippen LogP contribution in [0, 0.1) is 10.1 Å². The van der Waals surface area contributed by atoms with E-state index in [1.807, 2.05) is 12.1 Å². The van der Waals surface area contributed by atoms with Crippen molar-refractivity contribution in [3.05, 3.63) is 62.9 Å². The van der Waals surface area contributed by atoms with Crippen LogP contribution in [-0.2, 0) is 5.75 Å². The number of benzene rings is 1. The van der Waals surface area contributed by atoms with Gasteiger partial charge in [0.1, 0.15) is 0 Å². The third-order valence-corrected chi connectivity index (χ3v) is 4.33. The van der Waals surface area contributed by atoms with Gasteiger partial charge in [0.15, 0.2) is 0 Å². The van der Waals surface area contributed by atoms with E-state index in [-0.39, 0.29) is 5.69 Å². The van der Waals surface area contributed by atoms with Gasteiger partial charge >= 0.3 is 0 Å². The lowest BCUT2D eigenvalue weighted by Crippen LogP contribution is -1.88. The second-order valence-corrected chi connectivity index (χ2v) is 5.39. The number of pyridine rings is 1. The predicted octanol–water partition coefficient (Wildman–Crippen LogP) is 4.04. The molecule has 0 N–H and O–H groups in total. The van der Waals surface area contributed by atoms with Gasteiger partial charge in [-0.1, -0.05) is 0 Å². The number of nitro benzene ring substituents is 1. The van der Waals surface area contributed by atoms with Crippen molar-refractivity contribution in [1.29, 1.82) is 0 Å². The van der Waals surface area contributed by atoms with E-state index in [1.54, 1.807) is 30.2 Å². The van der Waals surface area contributed by atoms with E-state index in [2.05, 4.69) is 20.9 Å². The predicted molar refractivity (Wildman–Crippen MR) is 74.6 cm³/mol. The van der Waals surface area contributed by atoms with Crippen LogP contribution in [0.3, 0.4) is 0 Å². The lowest BCUT2D eigenvalue weighted by Gasteiger charge is -2.04. The smallest absolute Gasteiger partial charge is 0.265 e. The molecule has 6 heteroatoms. The largest absolute Gasteiger partial charge is 0.270 e. The van der Waals surface area contributed by atoms with Crippen LogP contribution in [0.15, 0.2) is 52.1 Å². The van der Waals surface area contributed by atoms with E-state index in [9.17, 15) is 10.1 Å². The molecule has 0 fully saturated rings. The molecular formula is C12H9BrN2O2S. The summed E-state index contributed by atoms with van der Waals surface area (Å²) in [5, 5.41) is 10.6. The Morgan fingerprint density at radius 3 is 2.61 bits per heavy atom. The molecule has 2 aromatic rings. The zero-order valence-electron chi connectivity index (χ0n) is 9.25. The summed E-state index contributed by atoms with van der Waals surface area (Å²) in [6, 6.07) is 8.70. The molecule has 0 aliphatic carbocycles. The van der Waals surface area contributed by atoms with Crippen LogP contribution in [0.5, 0.6) is 0 Å². The summed E-state index contributed by atoms with van der Waals surface area (Å²) in [7, 11) is 0. The summed E-state index contributed by atoms with van der Waals surface area (Å²) in [6.45, 7) is 0. The summed E-state index contributed by atoms with van der Waals surface area (Å²) < 4.78 is 0.746. The fourth-order valence-electron chi connectivity index (χ4n) is 1.36. The van der Waals surface area contributed by atoms with E-state index < -0.39 is 4.92 Å². The minimum Gasteiger partial charge on any atom is -0.265 e. The van der Waals surface area contributed by atoms with Gasteiger partial charge in [0, 0.05) is 39.6 Å². The molecule has 1 aromatic heterocycles. The summed E-state index contributed by atoms with van der Waals surface area (Å²) in [5.74, 6) is 0.804. The minimum absolute atomic E-state index is 0.0927. The SMILES string of the molecule is O=[N+]([O-])c1ccc(SCc2ccncc2)c(Br)c1. The maximum atomic E-state index is 10.6. The molecule has 92 valence electrons. The summed E-state index contributed by atoms with van der Waals surface area (Å²) in [5.41, 5.74) is 1.26. The Labute approximate surface area is 117 Å². The maximum absolute atomic E-state index is 10.6. The van der Waals surface area contributed by atoms with Gasteiger partial charge in [-0.2, -0.15) is 0 Å². The standard InChI is InChI=1S/C12H9BrN2O2S/c13-11-7-10(15(16)17)1-2-12(11)18-8-9-3-5-14-6-4-9/h1-7H,8H2. The van der Waals surface area contributed by atoms with Crippen molar-refractivity contribution < 1.29 is 4.92 Å². The fourth-order valence-corrected chi connectivity index (χ4v) is 2.95. The van der Waals surface area contributed by atoms with Gasteiger partial charge in [0.25, 0.3) is 5.69 Å². The number of thioether (sulfide) groups is 1. The first-order valence-electron chi connectivity index (χ1n) is 5.12. The van der Waals surface area contributed by atoms with Crippen LogP contribution in [0.4, 0.5) is 5.69 Å². The first-order valence-corrected chi connectivity index (χ1v) is 6.90. The van der Waals surface area contributed by atoms with Gasteiger partial charge < -0.3 is 0 Å². The fraction of sp³-hybridized carbons (Fsp3) is 0.0833. The normalized spacial score (nSPS) is 10.3. The molecule has 4 nitrogen and oxygen atoms in total. The highest BCUT2D eigenvalue weighted by Gasteiger charge is 2.09. The van der Waals surface area contributed by atoms with Crippen LogP contribution < -0.4 is 0 Å². The van der Waals surface area contributed by atoms with Gasteiger partial charge in [-0.25, -0.2) is 0 Å². The number of hydrogen-bond acceptors (Lipinski definition) is 4. The van der Waals surface area contributed by atoms with E-state index in [4.69, 9.17) is 0 Å². The quantitative estimate of drug-likeness (QED) is 0.483. The van der Waals surface area contributed by atoms with E-state index >= 15 is 0 Å². The number of aromatic nitrogens is 1. The third kappa shape index (κ3) is 3.30. The molecule has 1 aromatic carbocycles. The summed E-state index contributed by atoms with van der Waals surface area (Å²) in [6.07, 6.45) is 3.50. The molecule has 0 unspecified atom stereocenters. The van der Waals surface area contributed by atoms with Gasteiger partial charge in [0.2, 0.25) is 0 Å². The van der Waals surface area contributed by atoms with Crippen LogP contribution in [0.1, 0.15) is 5.56 Å². The van der Waals surface area contributed by atoms with Crippen molar-refractivity contribution in [2.45, 2.75) is 10.6 Å². The Hall–Kier alpha value is -1.40. The van der Waals surface area contributed by atoms with Crippen LogP contribution in [-0.4, -0.2) is 9.91 Å². The summed E-state index contributed by atoms with van der Waals surface area (Å²) >= 11 is 4.97.